The van der Waals surface area contributed by atoms with E-state index in [0.717, 1.165) is 0 Å². The molecule has 1 unspecified atom stereocenters. The maximum absolute atomic E-state index is 12.5. The Bertz CT molecular complexity index is 581. The van der Waals surface area contributed by atoms with Gasteiger partial charge in [-0.05, 0) is 27.2 Å². The summed E-state index contributed by atoms with van der Waals surface area (Å²) in [6, 6.07) is -0.571. The zero-order valence-electron chi connectivity index (χ0n) is 14.9. The van der Waals surface area contributed by atoms with E-state index in [9.17, 15) is 14.4 Å². The molecular formula is C16H25N3O5S. The van der Waals surface area contributed by atoms with Gasteiger partial charge in [0, 0.05) is 12.0 Å². The van der Waals surface area contributed by atoms with E-state index in [1.54, 1.807) is 25.7 Å². The number of hydrogen-bond donors (Lipinski definition) is 2. The van der Waals surface area contributed by atoms with Crippen LogP contribution in [0.1, 0.15) is 34.1 Å². The number of carboxylic acid groups (broad SMARTS) is 1. The van der Waals surface area contributed by atoms with Gasteiger partial charge in [0.1, 0.15) is 16.5 Å². The highest BCUT2D eigenvalue weighted by molar-refractivity contribution is 8.01. The number of carbonyl (C=O) groups is 3. The van der Waals surface area contributed by atoms with Crippen molar-refractivity contribution in [3.8, 4) is 0 Å². The lowest BCUT2D eigenvalue weighted by Crippen LogP contribution is -2.68. The van der Waals surface area contributed by atoms with Crippen LogP contribution in [0.3, 0.4) is 0 Å². The van der Waals surface area contributed by atoms with E-state index in [2.05, 4.69) is 10.3 Å². The van der Waals surface area contributed by atoms with Gasteiger partial charge in [0.2, 0.25) is 5.91 Å². The third-order valence-electron chi connectivity index (χ3n) is 3.98. The molecule has 2 N–H and O–H groups in total. The second kappa shape index (κ2) is 7.33. The van der Waals surface area contributed by atoms with Gasteiger partial charge in [0.25, 0.3) is 0 Å². The number of nitrogens with one attached hydrogen (secondary N) is 1. The van der Waals surface area contributed by atoms with Crippen LogP contribution in [-0.2, 0) is 14.3 Å². The summed E-state index contributed by atoms with van der Waals surface area (Å²) < 4.78 is 5.09. The van der Waals surface area contributed by atoms with E-state index in [-0.39, 0.29) is 10.8 Å². The summed E-state index contributed by atoms with van der Waals surface area (Å²) in [7, 11) is 0. The van der Waals surface area contributed by atoms with Crippen LogP contribution in [0.5, 0.6) is 0 Å². The Balaban J connectivity index is 1.87. The average molecular weight is 371 g/mol. The highest BCUT2D eigenvalue weighted by Gasteiger charge is 2.52. The molecule has 9 heteroatoms. The van der Waals surface area contributed by atoms with Crippen molar-refractivity contribution in [1.82, 2.24) is 10.2 Å². The summed E-state index contributed by atoms with van der Waals surface area (Å²) in [5.41, 5.74) is -0.629. The number of ether oxygens (including phenoxy) is 1. The molecule has 2 heterocycles. The van der Waals surface area contributed by atoms with Gasteiger partial charge in [-0.3, -0.25) is 14.9 Å². The van der Waals surface area contributed by atoms with Crippen LogP contribution in [0, 0.1) is 5.92 Å². The predicted molar refractivity (Wildman–Crippen MR) is 94.8 cm³/mol. The smallest absolute Gasteiger partial charge is 0.433 e. The maximum Gasteiger partial charge on any atom is 0.433 e. The molecule has 0 saturated carbocycles. The Hall–Kier alpha value is -1.61. The Labute approximate surface area is 151 Å². The van der Waals surface area contributed by atoms with E-state index >= 15 is 0 Å². The topological polar surface area (TPSA) is 108 Å². The standard InChI is InChI=1S/C16H25N3O5S/c1-5-10(6-17-14(23)24-15(2,3)4)12(20)19-8-16(9-19)18-11(7-25-16)13(21)22/h6,10-11,18H,5,7-9H2,1-4H3,(H,21,22)/t10?,11-/m0/s1. The van der Waals surface area contributed by atoms with Crippen LogP contribution in [0.15, 0.2) is 4.99 Å². The minimum Gasteiger partial charge on any atom is -0.480 e. The number of aliphatic imine (C=N–C) groups is 1. The monoisotopic (exact) mass is 371 g/mol. The largest absolute Gasteiger partial charge is 0.480 e. The summed E-state index contributed by atoms with van der Waals surface area (Å²) in [5.74, 6) is -0.979. The normalized spacial score (nSPS) is 23.5. The average Bonchev–Trinajstić information content (AvgIpc) is 2.89. The Morgan fingerprint density at radius 3 is 2.56 bits per heavy atom. The van der Waals surface area contributed by atoms with Crippen molar-refractivity contribution in [2.45, 2.75) is 50.6 Å². The van der Waals surface area contributed by atoms with Gasteiger partial charge in [0.15, 0.2) is 0 Å². The minimum absolute atomic E-state index is 0.110. The first-order valence-corrected chi connectivity index (χ1v) is 9.24. The molecule has 0 aromatic heterocycles. The summed E-state index contributed by atoms with van der Waals surface area (Å²) in [6.07, 6.45) is 1.15. The Morgan fingerprint density at radius 2 is 2.08 bits per heavy atom. The lowest BCUT2D eigenvalue weighted by Gasteiger charge is -2.48. The first-order chi connectivity index (χ1) is 11.6. The first kappa shape index (κ1) is 19.7. The van der Waals surface area contributed by atoms with Crippen LogP contribution in [0.25, 0.3) is 0 Å². The van der Waals surface area contributed by atoms with Gasteiger partial charge in [0.05, 0.1) is 19.0 Å². The molecule has 0 aliphatic carbocycles. The van der Waals surface area contributed by atoms with Crippen molar-refractivity contribution in [3.63, 3.8) is 0 Å². The number of carbonyl (C=O) groups excluding carboxylic acids is 2. The zero-order valence-corrected chi connectivity index (χ0v) is 15.8. The van der Waals surface area contributed by atoms with Gasteiger partial charge < -0.3 is 14.7 Å². The molecule has 0 aromatic rings. The minimum atomic E-state index is -0.870. The molecule has 0 aromatic carbocycles. The summed E-state index contributed by atoms with van der Waals surface area (Å²) in [4.78, 5) is 40.3. The zero-order chi connectivity index (χ0) is 18.8. The fraction of sp³-hybridized carbons (Fsp3) is 0.750. The van der Waals surface area contributed by atoms with Gasteiger partial charge in [-0.25, -0.2) is 4.79 Å². The number of likely N-dealkylation sites (tertiary alicyclic amines) is 1. The van der Waals surface area contributed by atoms with Crippen molar-refractivity contribution in [1.29, 1.82) is 0 Å². The Morgan fingerprint density at radius 1 is 1.44 bits per heavy atom. The number of nitrogens with zero attached hydrogens (tertiary/aromatic N) is 2. The third kappa shape index (κ3) is 4.94. The highest BCUT2D eigenvalue weighted by atomic mass is 32.2. The number of carboxylic acids is 1. The van der Waals surface area contributed by atoms with Gasteiger partial charge >= 0.3 is 12.1 Å². The van der Waals surface area contributed by atoms with E-state index in [4.69, 9.17) is 9.84 Å². The first-order valence-electron chi connectivity index (χ1n) is 8.25. The van der Waals surface area contributed by atoms with Crippen LogP contribution >= 0.6 is 11.8 Å². The van der Waals surface area contributed by atoms with Crippen LogP contribution in [-0.4, -0.2) is 69.5 Å². The number of aliphatic carboxylic acids is 1. The third-order valence-corrected chi connectivity index (χ3v) is 5.40. The van der Waals surface area contributed by atoms with Gasteiger partial charge in [-0.2, -0.15) is 4.99 Å². The highest BCUT2D eigenvalue weighted by Crippen LogP contribution is 2.39. The summed E-state index contributed by atoms with van der Waals surface area (Å²) in [5, 5.41) is 12.1. The van der Waals surface area contributed by atoms with Gasteiger partial charge in [-0.1, -0.05) is 6.92 Å². The molecule has 8 nitrogen and oxygen atoms in total. The van der Waals surface area contributed by atoms with Crippen LogP contribution < -0.4 is 5.32 Å². The summed E-state index contributed by atoms with van der Waals surface area (Å²) in [6.45, 7) is 8.01. The molecule has 1 spiro atoms. The SMILES string of the molecule is CCC(C=NC(=O)OC(C)(C)C)C(=O)N1CC2(C1)N[C@H](C(=O)O)CS2. The molecule has 2 fully saturated rings. The molecule has 0 bridgehead atoms. The predicted octanol–water partition coefficient (Wildman–Crippen LogP) is 1.35. The number of rotatable bonds is 4. The number of thioether (sulfide) groups is 1. The van der Waals surface area contributed by atoms with E-state index in [1.165, 1.54) is 18.0 Å². The lowest BCUT2D eigenvalue weighted by molar-refractivity contribution is -0.141. The van der Waals surface area contributed by atoms with E-state index < -0.39 is 29.6 Å². The fourth-order valence-electron chi connectivity index (χ4n) is 2.70. The molecule has 0 radical (unpaired) electrons. The molecule has 25 heavy (non-hydrogen) atoms. The lowest BCUT2D eigenvalue weighted by atomic mass is 10.0. The second-order valence-corrected chi connectivity index (χ2v) is 8.71. The molecule has 2 amide bonds. The molecule has 2 aliphatic heterocycles. The van der Waals surface area contributed by atoms with Crippen LogP contribution in [0.2, 0.25) is 0 Å². The Kier molecular flexibility index (Phi) is 5.78. The van der Waals surface area contributed by atoms with Crippen molar-refractivity contribution in [3.05, 3.63) is 0 Å². The molecule has 2 rings (SSSR count). The van der Waals surface area contributed by atoms with Crippen molar-refractivity contribution in [2.24, 2.45) is 10.9 Å². The van der Waals surface area contributed by atoms with Crippen molar-refractivity contribution in [2.75, 3.05) is 18.8 Å². The van der Waals surface area contributed by atoms with Crippen molar-refractivity contribution < 1.29 is 24.2 Å². The quantitative estimate of drug-likeness (QED) is 0.718. The van der Waals surface area contributed by atoms with Crippen LogP contribution in [0.4, 0.5) is 4.79 Å². The maximum atomic E-state index is 12.5. The summed E-state index contributed by atoms with van der Waals surface area (Å²) >= 11 is 1.54. The molecule has 140 valence electrons. The number of hydrogen-bond acceptors (Lipinski definition) is 6. The molecule has 2 saturated heterocycles. The fourth-order valence-corrected chi connectivity index (χ4v) is 4.13. The van der Waals surface area contributed by atoms with E-state index in [0.29, 0.717) is 25.3 Å². The van der Waals surface area contributed by atoms with Crippen molar-refractivity contribution >= 4 is 35.9 Å². The number of amides is 2. The molecule has 2 atom stereocenters. The van der Waals surface area contributed by atoms with Gasteiger partial charge in [-0.15, -0.1) is 11.8 Å². The second-order valence-electron chi connectivity index (χ2n) is 7.31. The molecular weight excluding hydrogens is 346 g/mol. The molecule has 2 aliphatic rings. The van der Waals surface area contributed by atoms with E-state index in [1.807, 2.05) is 6.92 Å².